The third-order valence-electron chi connectivity index (χ3n) is 4.44. The zero-order chi connectivity index (χ0) is 17.4. The molecule has 2 aliphatic rings. The summed E-state index contributed by atoms with van der Waals surface area (Å²) in [5.74, 6) is 0.637. The van der Waals surface area contributed by atoms with Gasteiger partial charge in [0.25, 0.3) is 5.91 Å². The molecule has 2 heterocycles. The van der Waals surface area contributed by atoms with Crippen LogP contribution < -0.4 is 15.4 Å². The molecular formula is C19H18N2O3S. The van der Waals surface area contributed by atoms with E-state index in [-0.39, 0.29) is 23.1 Å². The van der Waals surface area contributed by atoms with Gasteiger partial charge >= 0.3 is 0 Å². The van der Waals surface area contributed by atoms with Crippen LogP contribution in [0, 0.1) is 0 Å². The second-order valence-corrected chi connectivity index (χ2v) is 7.54. The first-order chi connectivity index (χ1) is 12.1. The van der Waals surface area contributed by atoms with E-state index in [1.165, 1.54) is 11.8 Å². The van der Waals surface area contributed by atoms with E-state index in [0.29, 0.717) is 17.9 Å². The molecule has 0 saturated heterocycles. The molecule has 0 fully saturated rings. The summed E-state index contributed by atoms with van der Waals surface area (Å²) in [5, 5.41) is 5.82. The van der Waals surface area contributed by atoms with Crippen LogP contribution in [0.1, 0.15) is 35.3 Å². The van der Waals surface area contributed by atoms with Gasteiger partial charge in [0.05, 0.1) is 23.6 Å². The van der Waals surface area contributed by atoms with Gasteiger partial charge in [0.1, 0.15) is 5.75 Å². The SMILES string of the molecule is CC1Sc2ccc(C(=O)NC3CCOc4ccccc43)cc2NC1=O. The van der Waals surface area contributed by atoms with Crippen LogP contribution in [0.25, 0.3) is 0 Å². The zero-order valence-electron chi connectivity index (χ0n) is 13.7. The van der Waals surface area contributed by atoms with Crippen LogP contribution in [0.3, 0.4) is 0 Å². The van der Waals surface area contributed by atoms with E-state index in [4.69, 9.17) is 4.74 Å². The Hall–Kier alpha value is -2.47. The Morgan fingerprint density at radius 2 is 2.12 bits per heavy atom. The maximum atomic E-state index is 12.7. The van der Waals surface area contributed by atoms with Crippen molar-refractivity contribution < 1.29 is 14.3 Å². The highest BCUT2D eigenvalue weighted by atomic mass is 32.2. The van der Waals surface area contributed by atoms with E-state index in [9.17, 15) is 9.59 Å². The number of hydrogen-bond donors (Lipinski definition) is 2. The van der Waals surface area contributed by atoms with Crippen LogP contribution in [-0.2, 0) is 4.79 Å². The number of anilines is 1. The van der Waals surface area contributed by atoms with E-state index >= 15 is 0 Å². The average Bonchev–Trinajstić information content (AvgIpc) is 2.62. The molecule has 0 aromatic heterocycles. The second-order valence-electron chi connectivity index (χ2n) is 6.16. The van der Waals surface area contributed by atoms with Crippen molar-refractivity contribution >= 4 is 29.3 Å². The second kappa shape index (κ2) is 6.44. The Morgan fingerprint density at radius 3 is 3.00 bits per heavy atom. The van der Waals surface area contributed by atoms with Gasteiger partial charge < -0.3 is 15.4 Å². The van der Waals surface area contributed by atoms with Gasteiger partial charge in [-0.25, -0.2) is 0 Å². The fourth-order valence-electron chi connectivity index (χ4n) is 3.08. The van der Waals surface area contributed by atoms with Gasteiger partial charge in [-0.15, -0.1) is 11.8 Å². The summed E-state index contributed by atoms with van der Waals surface area (Å²) >= 11 is 1.51. The molecule has 0 radical (unpaired) electrons. The Balaban J connectivity index is 1.55. The lowest BCUT2D eigenvalue weighted by atomic mass is 10.00. The van der Waals surface area contributed by atoms with Crippen LogP contribution in [0.2, 0.25) is 0 Å². The van der Waals surface area contributed by atoms with Gasteiger partial charge in [-0.1, -0.05) is 18.2 Å². The average molecular weight is 354 g/mol. The molecule has 2 atom stereocenters. The first-order valence-electron chi connectivity index (χ1n) is 8.26. The first kappa shape index (κ1) is 16.0. The van der Waals surface area contributed by atoms with Gasteiger partial charge in [0, 0.05) is 22.4 Å². The number of thioether (sulfide) groups is 1. The Kier molecular flexibility index (Phi) is 4.13. The minimum atomic E-state index is -0.151. The summed E-state index contributed by atoms with van der Waals surface area (Å²) in [6.45, 7) is 2.45. The van der Waals surface area contributed by atoms with Crippen LogP contribution in [-0.4, -0.2) is 23.7 Å². The van der Waals surface area contributed by atoms with E-state index in [1.807, 2.05) is 37.3 Å². The maximum absolute atomic E-state index is 12.7. The maximum Gasteiger partial charge on any atom is 0.251 e. The fraction of sp³-hybridized carbons (Fsp3) is 0.263. The molecule has 2 N–H and O–H groups in total. The topological polar surface area (TPSA) is 67.4 Å². The molecular weight excluding hydrogens is 336 g/mol. The Labute approximate surface area is 150 Å². The highest BCUT2D eigenvalue weighted by Crippen LogP contribution is 2.36. The molecule has 6 heteroatoms. The third-order valence-corrected chi connectivity index (χ3v) is 5.61. The summed E-state index contributed by atoms with van der Waals surface area (Å²) in [7, 11) is 0. The van der Waals surface area contributed by atoms with Gasteiger partial charge in [0.15, 0.2) is 0 Å². The third kappa shape index (κ3) is 3.09. The number of nitrogens with one attached hydrogen (secondary N) is 2. The van der Waals surface area contributed by atoms with Gasteiger partial charge in [-0.05, 0) is 31.2 Å². The number of para-hydroxylation sites is 1. The smallest absolute Gasteiger partial charge is 0.251 e. The molecule has 25 heavy (non-hydrogen) atoms. The van der Waals surface area contributed by atoms with E-state index < -0.39 is 0 Å². The number of hydrogen-bond acceptors (Lipinski definition) is 4. The number of fused-ring (bicyclic) bond motifs is 2. The molecule has 128 valence electrons. The lowest BCUT2D eigenvalue weighted by molar-refractivity contribution is -0.115. The number of benzene rings is 2. The van der Waals surface area contributed by atoms with Crippen LogP contribution >= 0.6 is 11.8 Å². The fourth-order valence-corrected chi connectivity index (χ4v) is 4.01. The molecule has 2 aromatic carbocycles. The van der Waals surface area contributed by atoms with Crippen molar-refractivity contribution in [2.75, 3.05) is 11.9 Å². The monoisotopic (exact) mass is 354 g/mol. The molecule has 5 nitrogen and oxygen atoms in total. The van der Waals surface area contributed by atoms with Crippen molar-refractivity contribution in [2.24, 2.45) is 0 Å². The van der Waals surface area contributed by atoms with Crippen LogP contribution in [0.4, 0.5) is 5.69 Å². The summed E-state index contributed by atoms with van der Waals surface area (Å²) < 4.78 is 5.64. The normalized spacial score (nSPS) is 21.4. The van der Waals surface area contributed by atoms with Crippen molar-refractivity contribution in [2.45, 2.75) is 29.5 Å². The molecule has 0 spiro atoms. The predicted octanol–water partition coefficient (Wildman–Crippen LogP) is 3.37. The zero-order valence-corrected chi connectivity index (χ0v) is 14.6. The van der Waals surface area contributed by atoms with E-state index in [1.54, 1.807) is 12.1 Å². The highest BCUT2D eigenvalue weighted by molar-refractivity contribution is 8.00. The number of ether oxygens (including phenoxy) is 1. The summed E-state index contributed by atoms with van der Waals surface area (Å²) in [5.41, 5.74) is 2.24. The summed E-state index contributed by atoms with van der Waals surface area (Å²) in [6.07, 6.45) is 0.734. The first-order valence-corrected chi connectivity index (χ1v) is 9.14. The van der Waals surface area contributed by atoms with Crippen molar-refractivity contribution in [3.05, 3.63) is 53.6 Å². The minimum absolute atomic E-state index is 0.0339. The predicted molar refractivity (Wildman–Crippen MR) is 97.2 cm³/mol. The number of rotatable bonds is 2. The van der Waals surface area contributed by atoms with Crippen molar-refractivity contribution in [3.63, 3.8) is 0 Å². The largest absolute Gasteiger partial charge is 0.493 e. The van der Waals surface area contributed by atoms with Crippen molar-refractivity contribution in [1.82, 2.24) is 5.32 Å². The Bertz CT molecular complexity index is 852. The molecule has 4 rings (SSSR count). The molecule has 2 aromatic rings. The minimum Gasteiger partial charge on any atom is -0.493 e. The van der Waals surface area contributed by atoms with Crippen molar-refractivity contribution in [1.29, 1.82) is 0 Å². The van der Waals surface area contributed by atoms with Crippen molar-refractivity contribution in [3.8, 4) is 5.75 Å². The summed E-state index contributed by atoms with van der Waals surface area (Å²) in [4.78, 5) is 25.5. The van der Waals surface area contributed by atoms with Crippen LogP contribution in [0.15, 0.2) is 47.4 Å². The van der Waals surface area contributed by atoms with Gasteiger partial charge in [-0.3, -0.25) is 9.59 Å². The molecule has 0 bridgehead atoms. The molecule has 0 aliphatic carbocycles. The highest BCUT2D eigenvalue weighted by Gasteiger charge is 2.26. The lowest BCUT2D eigenvalue weighted by Crippen LogP contribution is -2.32. The van der Waals surface area contributed by atoms with E-state index in [2.05, 4.69) is 10.6 Å². The lowest BCUT2D eigenvalue weighted by Gasteiger charge is -2.27. The van der Waals surface area contributed by atoms with Gasteiger partial charge in [0.2, 0.25) is 5.91 Å². The Morgan fingerprint density at radius 1 is 1.28 bits per heavy atom. The number of amides is 2. The molecule has 2 amide bonds. The number of carbonyl (C=O) groups is 2. The van der Waals surface area contributed by atoms with Crippen LogP contribution in [0.5, 0.6) is 5.75 Å². The number of carbonyl (C=O) groups excluding carboxylic acids is 2. The van der Waals surface area contributed by atoms with Gasteiger partial charge in [-0.2, -0.15) is 0 Å². The standard InChI is InChI=1S/C19H18N2O3S/c1-11-18(22)21-15-10-12(6-7-17(15)25-11)19(23)20-14-8-9-24-16-5-3-2-4-13(14)16/h2-7,10-11,14H,8-9H2,1H3,(H,20,23)(H,21,22). The van der Waals surface area contributed by atoms with E-state index in [0.717, 1.165) is 22.6 Å². The molecule has 0 saturated carbocycles. The quantitative estimate of drug-likeness (QED) is 0.868. The molecule has 2 aliphatic heterocycles. The summed E-state index contributed by atoms with van der Waals surface area (Å²) in [6, 6.07) is 13.1. The molecule has 2 unspecified atom stereocenters.